The Hall–Kier alpha value is -1.56. The summed E-state index contributed by atoms with van der Waals surface area (Å²) in [7, 11) is 1.63. The lowest BCUT2D eigenvalue weighted by Gasteiger charge is -2.60. The van der Waals surface area contributed by atoms with Crippen molar-refractivity contribution >= 4 is 0 Å². The minimum Gasteiger partial charge on any atom is -0.493 e. The first-order valence-electron chi connectivity index (χ1n) is 9.51. The molecule has 0 unspecified atom stereocenters. The molecule has 1 saturated heterocycles. The molecule has 0 aromatic heterocycles. The first-order valence-corrected chi connectivity index (χ1v) is 9.51. The Bertz CT molecular complexity index is 735. The molecule has 0 amide bonds. The molecular weight excluding hydrogens is 330 g/mol. The molecule has 5 atom stereocenters. The number of methoxy groups -OCH3 is 1. The highest BCUT2D eigenvalue weighted by Crippen LogP contribution is 2.62. The normalized spacial score (nSPS) is 38.7. The Morgan fingerprint density at radius 1 is 1.42 bits per heavy atom. The summed E-state index contributed by atoms with van der Waals surface area (Å²) in [6.45, 7) is 9.59. The Morgan fingerprint density at radius 2 is 2.19 bits per heavy atom. The monoisotopic (exact) mass is 359 g/mol. The first-order chi connectivity index (χ1) is 12.4. The summed E-state index contributed by atoms with van der Waals surface area (Å²) in [4.78, 5) is 2.28. The number of aryl methyl sites for hydroxylation is 1. The lowest BCUT2D eigenvalue weighted by Crippen LogP contribution is -2.74. The van der Waals surface area contributed by atoms with E-state index in [9.17, 15) is 10.2 Å². The van der Waals surface area contributed by atoms with E-state index in [-0.39, 0.29) is 6.04 Å². The molecule has 1 aromatic rings. The van der Waals surface area contributed by atoms with Crippen molar-refractivity contribution in [2.75, 3.05) is 20.2 Å². The van der Waals surface area contributed by atoms with Gasteiger partial charge in [0.2, 0.25) is 0 Å². The van der Waals surface area contributed by atoms with Crippen molar-refractivity contribution < 1.29 is 19.7 Å². The fourth-order valence-electron chi connectivity index (χ4n) is 5.77. The van der Waals surface area contributed by atoms with Gasteiger partial charge in [-0.05, 0) is 51.3 Å². The standard InChI is InChI=1S/C21H29NO4/c1-5-11-22-12-10-20-17-13(2)6-7-16(25-4)18(17)26-19(20)15(23)8-9-21(20,24)14(22)3/h5-7,14-15,19,23-24H,1,8-12H2,2-4H3/t14-,15-,19+,20+,21-/m0/s1. The summed E-state index contributed by atoms with van der Waals surface area (Å²) in [5, 5.41) is 22.9. The van der Waals surface area contributed by atoms with Gasteiger partial charge in [-0.15, -0.1) is 6.58 Å². The predicted molar refractivity (Wildman–Crippen MR) is 99.9 cm³/mol. The second-order valence-corrected chi connectivity index (χ2v) is 8.04. The van der Waals surface area contributed by atoms with E-state index in [2.05, 4.69) is 25.3 Å². The van der Waals surface area contributed by atoms with Crippen LogP contribution in [-0.4, -0.2) is 59.2 Å². The fraction of sp³-hybridized carbons (Fsp3) is 0.619. The van der Waals surface area contributed by atoms with Crippen LogP contribution in [0.2, 0.25) is 0 Å². The Balaban J connectivity index is 1.93. The SMILES string of the molecule is C=CCN1CC[C@@]23c4c(C)ccc(OC)c4O[C@@H]2[C@@H](O)CC[C@]3(O)[C@@H]1C. The Morgan fingerprint density at radius 3 is 2.88 bits per heavy atom. The average molecular weight is 359 g/mol. The number of nitrogens with zero attached hydrogens (tertiary/aromatic N) is 1. The van der Waals surface area contributed by atoms with E-state index in [0.717, 1.165) is 30.6 Å². The first kappa shape index (κ1) is 17.8. The van der Waals surface area contributed by atoms with E-state index in [1.165, 1.54) is 0 Å². The molecular formula is C21H29NO4. The van der Waals surface area contributed by atoms with Gasteiger partial charge >= 0.3 is 0 Å². The molecule has 2 N–H and O–H groups in total. The largest absolute Gasteiger partial charge is 0.493 e. The number of fused-ring (bicyclic) bond motifs is 1. The van der Waals surface area contributed by atoms with E-state index < -0.39 is 23.2 Å². The maximum atomic E-state index is 12.1. The molecule has 2 fully saturated rings. The molecule has 142 valence electrons. The predicted octanol–water partition coefficient (Wildman–Crippen LogP) is 2.17. The number of rotatable bonds is 3. The quantitative estimate of drug-likeness (QED) is 0.810. The van der Waals surface area contributed by atoms with Crippen molar-refractivity contribution in [1.82, 2.24) is 4.90 Å². The van der Waals surface area contributed by atoms with Crippen molar-refractivity contribution in [3.63, 3.8) is 0 Å². The lowest BCUT2D eigenvalue weighted by molar-refractivity contribution is -0.198. The number of hydrogen-bond donors (Lipinski definition) is 2. The van der Waals surface area contributed by atoms with Gasteiger partial charge in [-0.2, -0.15) is 0 Å². The van der Waals surface area contributed by atoms with Crippen LogP contribution in [0, 0.1) is 6.92 Å². The van der Waals surface area contributed by atoms with E-state index in [4.69, 9.17) is 9.47 Å². The third-order valence-corrected chi connectivity index (χ3v) is 7.07. The number of ether oxygens (including phenoxy) is 2. The third-order valence-electron chi connectivity index (χ3n) is 7.07. The molecule has 0 radical (unpaired) electrons. The van der Waals surface area contributed by atoms with E-state index >= 15 is 0 Å². The third kappa shape index (κ3) is 2.02. The molecule has 0 bridgehead atoms. The summed E-state index contributed by atoms with van der Waals surface area (Å²) in [5.74, 6) is 1.37. The molecule has 4 rings (SSSR count). The van der Waals surface area contributed by atoms with Crippen molar-refractivity contribution in [1.29, 1.82) is 0 Å². The zero-order valence-electron chi connectivity index (χ0n) is 15.9. The zero-order chi connectivity index (χ0) is 18.7. The number of aliphatic hydroxyl groups is 2. The van der Waals surface area contributed by atoms with Crippen molar-refractivity contribution in [3.8, 4) is 11.5 Å². The van der Waals surface area contributed by atoms with E-state index in [0.29, 0.717) is 24.3 Å². The highest BCUT2D eigenvalue weighted by Gasteiger charge is 2.70. The van der Waals surface area contributed by atoms with E-state index in [1.807, 2.05) is 18.2 Å². The number of likely N-dealkylation sites (tertiary alicyclic amines) is 1. The minimum atomic E-state index is -0.972. The Labute approximate surface area is 155 Å². The molecule has 2 heterocycles. The maximum absolute atomic E-state index is 12.1. The van der Waals surface area contributed by atoms with Crippen LogP contribution >= 0.6 is 0 Å². The summed E-state index contributed by atoms with van der Waals surface area (Å²) >= 11 is 0. The summed E-state index contributed by atoms with van der Waals surface area (Å²) in [6.07, 6.45) is 2.68. The van der Waals surface area contributed by atoms with Gasteiger partial charge in [0, 0.05) is 18.2 Å². The van der Waals surface area contributed by atoms with Crippen LogP contribution in [0.3, 0.4) is 0 Å². The van der Waals surface area contributed by atoms with Crippen LogP contribution in [0.4, 0.5) is 0 Å². The summed E-state index contributed by atoms with van der Waals surface area (Å²) in [6, 6.07) is 3.88. The lowest BCUT2D eigenvalue weighted by atomic mass is 9.52. The topological polar surface area (TPSA) is 62.2 Å². The summed E-state index contributed by atoms with van der Waals surface area (Å²) < 4.78 is 11.9. The van der Waals surface area contributed by atoms with Crippen LogP contribution in [0.5, 0.6) is 11.5 Å². The molecule has 1 spiro atoms. The molecule has 1 aliphatic carbocycles. The molecule has 26 heavy (non-hydrogen) atoms. The van der Waals surface area contributed by atoms with Gasteiger partial charge in [-0.25, -0.2) is 0 Å². The van der Waals surface area contributed by atoms with Crippen LogP contribution in [0.1, 0.15) is 37.3 Å². The van der Waals surface area contributed by atoms with Crippen LogP contribution in [0.15, 0.2) is 24.8 Å². The maximum Gasteiger partial charge on any atom is 0.166 e. The molecule has 2 aliphatic heterocycles. The van der Waals surface area contributed by atoms with Gasteiger partial charge in [0.15, 0.2) is 11.5 Å². The zero-order valence-corrected chi connectivity index (χ0v) is 15.9. The average Bonchev–Trinajstić information content (AvgIpc) is 2.99. The molecule has 1 aromatic carbocycles. The van der Waals surface area contributed by atoms with Gasteiger partial charge < -0.3 is 19.7 Å². The van der Waals surface area contributed by atoms with Crippen molar-refractivity contribution in [3.05, 3.63) is 35.9 Å². The molecule has 5 nitrogen and oxygen atoms in total. The minimum absolute atomic E-state index is 0.0515. The van der Waals surface area contributed by atoms with E-state index in [1.54, 1.807) is 7.11 Å². The number of benzene rings is 1. The van der Waals surface area contributed by atoms with Gasteiger partial charge in [0.05, 0.1) is 24.2 Å². The molecule has 1 saturated carbocycles. The number of aliphatic hydroxyl groups excluding tert-OH is 1. The van der Waals surface area contributed by atoms with Crippen molar-refractivity contribution in [2.45, 2.75) is 62.4 Å². The highest BCUT2D eigenvalue weighted by molar-refractivity contribution is 5.60. The van der Waals surface area contributed by atoms with Gasteiger partial charge in [0.25, 0.3) is 0 Å². The highest BCUT2D eigenvalue weighted by atomic mass is 16.5. The summed E-state index contributed by atoms with van der Waals surface area (Å²) in [5.41, 5.74) is 0.518. The van der Waals surface area contributed by atoms with Crippen LogP contribution in [-0.2, 0) is 5.41 Å². The molecule has 3 aliphatic rings. The second kappa shape index (κ2) is 5.98. The Kier molecular flexibility index (Phi) is 4.10. The van der Waals surface area contributed by atoms with Gasteiger partial charge in [-0.3, -0.25) is 4.90 Å². The van der Waals surface area contributed by atoms with Gasteiger partial charge in [-0.1, -0.05) is 12.1 Å². The van der Waals surface area contributed by atoms with Crippen LogP contribution in [0.25, 0.3) is 0 Å². The number of piperidine rings is 1. The van der Waals surface area contributed by atoms with Crippen LogP contribution < -0.4 is 9.47 Å². The second-order valence-electron chi connectivity index (χ2n) is 8.04. The smallest absolute Gasteiger partial charge is 0.166 e. The van der Waals surface area contributed by atoms with Crippen molar-refractivity contribution in [2.24, 2.45) is 0 Å². The fourth-order valence-corrected chi connectivity index (χ4v) is 5.77. The number of hydrogen-bond acceptors (Lipinski definition) is 5. The molecule has 5 heteroatoms. The van der Waals surface area contributed by atoms with Gasteiger partial charge in [0.1, 0.15) is 6.10 Å².